The molecule has 0 unspecified atom stereocenters. The van der Waals surface area contributed by atoms with E-state index in [4.69, 9.17) is 0 Å². The quantitative estimate of drug-likeness (QED) is 0.833. The topological polar surface area (TPSA) is 60.2 Å². The number of aromatic nitrogens is 1. The summed E-state index contributed by atoms with van der Waals surface area (Å²) in [4.78, 5) is 21.3. The van der Waals surface area contributed by atoms with Gasteiger partial charge in [0, 0.05) is 56.0 Å². The Kier molecular flexibility index (Phi) is 4.12. The second-order valence-corrected chi connectivity index (χ2v) is 7.82. The summed E-state index contributed by atoms with van der Waals surface area (Å²) in [7, 11) is 0. The molecule has 2 aromatic rings. The highest BCUT2D eigenvalue weighted by atomic mass is 16.2. The first-order valence-electron chi connectivity index (χ1n) is 9.95. The van der Waals surface area contributed by atoms with Crippen molar-refractivity contribution >= 4 is 23.2 Å². The summed E-state index contributed by atoms with van der Waals surface area (Å²) in [5.41, 5.74) is 6.44. The number of nitrogens with zero attached hydrogens (tertiary/aromatic N) is 4. The molecule has 0 spiro atoms. The van der Waals surface area contributed by atoms with Gasteiger partial charge in [0.15, 0.2) is 0 Å². The Labute approximate surface area is 164 Å². The van der Waals surface area contributed by atoms with Crippen molar-refractivity contribution in [1.82, 2.24) is 9.88 Å². The Morgan fingerprint density at radius 1 is 1.14 bits per heavy atom. The molecular formula is C23H22N4O. The molecule has 1 amide bonds. The molecule has 0 atom stereocenters. The van der Waals surface area contributed by atoms with Gasteiger partial charge in [0.1, 0.15) is 0 Å². The zero-order valence-corrected chi connectivity index (χ0v) is 15.8. The molecule has 0 radical (unpaired) electrons. The van der Waals surface area contributed by atoms with E-state index < -0.39 is 0 Å². The number of fused-ring (bicyclic) bond motifs is 1. The van der Waals surface area contributed by atoms with Gasteiger partial charge in [-0.2, -0.15) is 5.26 Å². The van der Waals surface area contributed by atoms with E-state index in [-0.39, 0.29) is 0 Å². The molecule has 0 bridgehead atoms. The van der Waals surface area contributed by atoms with E-state index in [1.54, 1.807) is 0 Å². The van der Waals surface area contributed by atoms with Gasteiger partial charge >= 0.3 is 0 Å². The molecule has 2 heterocycles. The van der Waals surface area contributed by atoms with Crippen LogP contribution < -0.4 is 4.90 Å². The fourth-order valence-electron chi connectivity index (χ4n) is 4.21. The van der Waals surface area contributed by atoms with Crippen LogP contribution in [0.5, 0.6) is 0 Å². The zero-order valence-electron chi connectivity index (χ0n) is 15.8. The summed E-state index contributed by atoms with van der Waals surface area (Å²) >= 11 is 0. The summed E-state index contributed by atoms with van der Waals surface area (Å²) in [5, 5.41) is 9.17. The van der Waals surface area contributed by atoms with E-state index in [1.165, 1.54) is 16.8 Å². The van der Waals surface area contributed by atoms with E-state index in [1.807, 2.05) is 29.3 Å². The Bertz CT molecular complexity index is 1010. The number of hydrogen-bond donors (Lipinski definition) is 0. The van der Waals surface area contributed by atoms with Crippen molar-refractivity contribution in [3.63, 3.8) is 0 Å². The molecule has 1 saturated heterocycles. The van der Waals surface area contributed by atoms with E-state index >= 15 is 0 Å². The van der Waals surface area contributed by atoms with Crippen LogP contribution in [-0.4, -0.2) is 42.0 Å². The Morgan fingerprint density at radius 3 is 2.71 bits per heavy atom. The van der Waals surface area contributed by atoms with Crippen LogP contribution in [0.15, 0.2) is 36.5 Å². The van der Waals surface area contributed by atoms with Crippen molar-refractivity contribution in [2.24, 2.45) is 5.92 Å². The molecule has 3 aliphatic rings. The second-order valence-electron chi connectivity index (χ2n) is 7.82. The average Bonchev–Trinajstić information content (AvgIpc) is 3.51. The Morgan fingerprint density at radius 2 is 1.96 bits per heavy atom. The molecule has 0 N–H and O–H groups in total. The highest BCUT2D eigenvalue weighted by Crippen LogP contribution is 2.37. The van der Waals surface area contributed by atoms with Crippen LogP contribution in [-0.2, 0) is 11.2 Å². The summed E-state index contributed by atoms with van der Waals surface area (Å²) in [6.07, 6.45) is 7.03. The Balaban J connectivity index is 1.37. The number of nitriles is 1. The van der Waals surface area contributed by atoms with Crippen LogP contribution in [0.25, 0.3) is 11.6 Å². The predicted molar refractivity (Wildman–Crippen MR) is 108 cm³/mol. The first-order valence-corrected chi connectivity index (χ1v) is 9.95. The van der Waals surface area contributed by atoms with E-state index in [9.17, 15) is 10.1 Å². The number of rotatable bonds is 3. The third kappa shape index (κ3) is 3.05. The number of benzene rings is 1. The molecule has 5 heteroatoms. The number of anilines is 1. The number of piperazine rings is 1. The lowest BCUT2D eigenvalue weighted by atomic mass is 10.0. The standard InChI is InChI=1S/C23H22N4O/c24-15-16-2-1-3-18(12-16)19-13-20-21(14-19)25-7-6-22(20)26-8-10-27(11-9-26)23(28)17-4-5-17/h1-3,6-7,12-13,17H,4-5,8-11,14H2. The lowest BCUT2D eigenvalue weighted by Crippen LogP contribution is -2.49. The van der Waals surface area contributed by atoms with Crippen LogP contribution in [0.3, 0.4) is 0 Å². The van der Waals surface area contributed by atoms with Gasteiger partial charge in [-0.15, -0.1) is 0 Å². The van der Waals surface area contributed by atoms with Crippen LogP contribution in [0.2, 0.25) is 0 Å². The van der Waals surface area contributed by atoms with Crippen LogP contribution in [0.1, 0.15) is 35.2 Å². The number of pyridine rings is 1. The highest BCUT2D eigenvalue weighted by molar-refractivity contribution is 5.92. The number of carbonyl (C=O) groups is 1. The third-order valence-electron chi connectivity index (χ3n) is 5.95. The van der Waals surface area contributed by atoms with Crippen molar-refractivity contribution in [2.75, 3.05) is 31.1 Å². The van der Waals surface area contributed by atoms with Crippen molar-refractivity contribution in [3.05, 3.63) is 58.9 Å². The van der Waals surface area contributed by atoms with Gasteiger partial charge in [-0.25, -0.2) is 0 Å². The summed E-state index contributed by atoms with van der Waals surface area (Å²) in [6, 6.07) is 12.1. The minimum Gasteiger partial charge on any atom is -0.367 e. The zero-order chi connectivity index (χ0) is 19.1. The fraction of sp³-hybridized carbons (Fsp3) is 0.348. The van der Waals surface area contributed by atoms with Gasteiger partial charge < -0.3 is 9.80 Å². The molecule has 5 rings (SSSR count). The summed E-state index contributed by atoms with van der Waals surface area (Å²) in [6.45, 7) is 3.32. The van der Waals surface area contributed by atoms with Gasteiger partial charge in [-0.05, 0) is 48.3 Å². The lowest BCUT2D eigenvalue weighted by molar-refractivity contribution is -0.132. The molecule has 1 aromatic carbocycles. The van der Waals surface area contributed by atoms with Crippen molar-refractivity contribution < 1.29 is 4.79 Å². The number of allylic oxidation sites excluding steroid dienone is 1. The predicted octanol–water partition coefficient (Wildman–Crippen LogP) is 3.11. The Hall–Kier alpha value is -3.13. The summed E-state index contributed by atoms with van der Waals surface area (Å²) in [5.74, 6) is 0.644. The monoisotopic (exact) mass is 370 g/mol. The lowest BCUT2D eigenvalue weighted by Gasteiger charge is -2.37. The maximum absolute atomic E-state index is 12.3. The average molecular weight is 370 g/mol. The fourth-order valence-corrected chi connectivity index (χ4v) is 4.21. The van der Waals surface area contributed by atoms with Crippen LogP contribution in [0.4, 0.5) is 5.69 Å². The largest absolute Gasteiger partial charge is 0.367 e. The molecule has 1 aromatic heterocycles. The van der Waals surface area contributed by atoms with Crippen molar-refractivity contribution in [2.45, 2.75) is 19.3 Å². The molecule has 2 aliphatic carbocycles. The second kappa shape index (κ2) is 6.79. The first-order chi connectivity index (χ1) is 13.7. The highest BCUT2D eigenvalue weighted by Gasteiger charge is 2.35. The first kappa shape index (κ1) is 17.0. The maximum Gasteiger partial charge on any atom is 0.225 e. The van der Waals surface area contributed by atoms with Gasteiger partial charge in [0.05, 0.1) is 17.3 Å². The van der Waals surface area contributed by atoms with Crippen LogP contribution >= 0.6 is 0 Å². The van der Waals surface area contributed by atoms with Crippen molar-refractivity contribution in [3.8, 4) is 6.07 Å². The van der Waals surface area contributed by atoms with E-state index in [0.717, 1.165) is 56.7 Å². The van der Waals surface area contributed by atoms with Crippen molar-refractivity contribution in [1.29, 1.82) is 5.26 Å². The van der Waals surface area contributed by atoms with Gasteiger partial charge in [-0.3, -0.25) is 9.78 Å². The molecule has 5 nitrogen and oxygen atoms in total. The normalized spacial score (nSPS) is 18.5. The molecule has 28 heavy (non-hydrogen) atoms. The number of carbonyl (C=O) groups excluding carboxylic acids is 1. The maximum atomic E-state index is 12.3. The number of hydrogen-bond acceptors (Lipinski definition) is 4. The van der Waals surface area contributed by atoms with E-state index in [0.29, 0.717) is 17.4 Å². The summed E-state index contributed by atoms with van der Waals surface area (Å²) < 4.78 is 0. The smallest absolute Gasteiger partial charge is 0.225 e. The third-order valence-corrected chi connectivity index (χ3v) is 5.95. The molecule has 140 valence electrons. The van der Waals surface area contributed by atoms with Crippen LogP contribution in [0, 0.1) is 17.2 Å². The number of amides is 1. The SMILES string of the molecule is N#Cc1cccc(C2=Cc3c(N4CCN(C(=O)C5CC5)CC4)ccnc3C2)c1. The molecule has 2 fully saturated rings. The van der Waals surface area contributed by atoms with Gasteiger partial charge in [0.25, 0.3) is 0 Å². The molecular weight excluding hydrogens is 348 g/mol. The minimum absolute atomic E-state index is 0.298. The van der Waals surface area contributed by atoms with Gasteiger partial charge in [0.2, 0.25) is 5.91 Å². The van der Waals surface area contributed by atoms with Gasteiger partial charge in [-0.1, -0.05) is 12.1 Å². The van der Waals surface area contributed by atoms with E-state index in [2.05, 4.69) is 34.2 Å². The minimum atomic E-state index is 0.298. The molecule has 1 saturated carbocycles. The molecule has 1 aliphatic heterocycles.